The number of hydrogen-bond donors (Lipinski definition) is 2. The zero-order valence-corrected chi connectivity index (χ0v) is 12.0. The number of carbonyl (C=O) groups is 1. The molecule has 0 unspecified atom stereocenters. The molecule has 4 heteroatoms. The molecule has 0 bridgehead atoms. The number of aliphatic carboxylic acids is 1. The Morgan fingerprint density at radius 3 is 2.43 bits per heavy atom. The smallest absolute Gasteiger partial charge is 0.307 e. The molecule has 0 aromatic heterocycles. The highest BCUT2D eigenvalue weighted by molar-refractivity contribution is 5.70. The third kappa shape index (κ3) is 4.61. The largest absolute Gasteiger partial charge is 0.481 e. The highest BCUT2D eigenvalue weighted by Gasteiger charge is 2.02. The highest BCUT2D eigenvalue weighted by atomic mass is 16.5. The molecule has 4 nitrogen and oxygen atoms in total. The maximum atomic E-state index is 10.6. The monoisotopic (exact) mass is 285 g/mol. The van der Waals surface area contributed by atoms with Crippen LogP contribution in [0.5, 0.6) is 0 Å². The standard InChI is InChI=1S/C17H19NO3/c1-21-12-15-4-2-3-5-16(15)18-11-14-8-6-13(7-9-14)10-17(19)20/h2-9,18H,10-12H2,1H3,(H,19,20). The zero-order chi connectivity index (χ0) is 15.1. The summed E-state index contributed by atoms with van der Waals surface area (Å²) in [4.78, 5) is 10.6. The van der Waals surface area contributed by atoms with Crippen molar-refractivity contribution in [3.05, 3.63) is 65.2 Å². The van der Waals surface area contributed by atoms with Gasteiger partial charge in [-0.1, -0.05) is 42.5 Å². The Balaban J connectivity index is 1.98. The number of ether oxygens (including phenoxy) is 1. The summed E-state index contributed by atoms with van der Waals surface area (Å²) < 4.78 is 5.18. The number of rotatable bonds is 7. The molecule has 2 rings (SSSR count). The maximum Gasteiger partial charge on any atom is 0.307 e. The predicted octanol–water partition coefficient (Wildman–Crippen LogP) is 3.07. The van der Waals surface area contributed by atoms with Gasteiger partial charge in [0, 0.05) is 24.9 Å². The van der Waals surface area contributed by atoms with Crippen LogP contribution in [0.3, 0.4) is 0 Å². The van der Waals surface area contributed by atoms with Crippen LogP contribution < -0.4 is 5.32 Å². The second-order valence-electron chi connectivity index (χ2n) is 4.83. The Morgan fingerprint density at radius 1 is 1.10 bits per heavy atom. The van der Waals surface area contributed by atoms with E-state index < -0.39 is 5.97 Å². The number of methoxy groups -OCH3 is 1. The fraction of sp³-hybridized carbons (Fsp3) is 0.235. The third-order valence-corrected chi connectivity index (χ3v) is 3.18. The summed E-state index contributed by atoms with van der Waals surface area (Å²) in [6.07, 6.45) is 0.0599. The molecule has 0 fully saturated rings. The normalized spacial score (nSPS) is 10.3. The first-order valence-electron chi connectivity index (χ1n) is 6.79. The minimum absolute atomic E-state index is 0.0599. The number of para-hydroxylation sites is 1. The molecular weight excluding hydrogens is 266 g/mol. The Hall–Kier alpha value is -2.33. The van der Waals surface area contributed by atoms with E-state index in [0.29, 0.717) is 13.2 Å². The Kier molecular flexibility index (Phi) is 5.35. The summed E-state index contributed by atoms with van der Waals surface area (Å²) in [6.45, 7) is 1.26. The first kappa shape index (κ1) is 15.1. The van der Waals surface area contributed by atoms with Crippen LogP contribution >= 0.6 is 0 Å². The van der Waals surface area contributed by atoms with Gasteiger partial charge in [0.05, 0.1) is 13.0 Å². The molecule has 2 N–H and O–H groups in total. The van der Waals surface area contributed by atoms with Crippen molar-refractivity contribution in [2.24, 2.45) is 0 Å². The van der Waals surface area contributed by atoms with Crippen LogP contribution in [0.1, 0.15) is 16.7 Å². The summed E-state index contributed by atoms with van der Waals surface area (Å²) >= 11 is 0. The van der Waals surface area contributed by atoms with Crippen molar-refractivity contribution in [3.63, 3.8) is 0 Å². The van der Waals surface area contributed by atoms with Gasteiger partial charge in [-0.2, -0.15) is 0 Å². The number of nitrogens with one attached hydrogen (secondary N) is 1. The van der Waals surface area contributed by atoms with Gasteiger partial charge < -0.3 is 15.2 Å². The minimum Gasteiger partial charge on any atom is -0.481 e. The van der Waals surface area contributed by atoms with Gasteiger partial charge in [0.25, 0.3) is 0 Å². The van der Waals surface area contributed by atoms with Crippen LogP contribution in [0.2, 0.25) is 0 Å². The van der Waals surface area contributed by atoms with E-state index in [1.807, 2.05) is 48.5 Å². The molecule has 0 amide bonds. The van der Waals surface area contributed by atoms with Crippen LogP contribution in [0.4, 0.5) is 5.69 Å². The fourth-order valence-electron chi connectivity index (χ4n) is 2.12. The lowest BCUT2D eigenvalue weighted by molar-refractivity contribution is -0.136. The van der Waals surface area contributed by atoms with Gasteiger partial charge in [-0.3, -0.25) is 4.79 Å². The molecule has 0 aliphatic rings. The van der Waals surface area contributed by atoms with E-state index in [2.05, 4.69) is 5.32 Å². The van der Waals surface area contributed by atoms with Crippen LogP contribution in [0.15, 0.2) is 48.5 Å². The van der Waals surface area contributed by atoms with E-state index in [1.54, 1.807) is 7.11 Å². The molecule has 0 heterocycles. The van der Waals surface area contributed by atoms with Gasteiger partial charge in [0.1, 0.15) is 0 Å². The van der Waals surface area contributed by atoms with E-state index in [-0.39, 0.29) is 6.42 Å². The van der Waals surface area contributed by atoms with Gasteiger partial charge in [-0.25, -0.2) is 0 Å². The van der Waals surface area contributed by atoms with E-state index in [4.69, 9.17) is 9.84 Å². The lowest BCUT2D eigenvalue weighted by Gasteiger charge is -2.11. The van der Waals surface area contributed by atoms with Crippen LogP contribution in [-0.2, 0) is 29.1 Å². The van der Waals surface area contributed by atoms with Gasteiger partial charge in [0.15, 0.2) is 0 Å². The molecule has 0 spiro atoms. The summed E-state index contributed by atoms with van der Waals surface area (Å²) in [5.74, 6) is -0.811. The van der Waals surface area contributed by atoms with Gasteiger partial charge in [-0.05, 0) is 17.2 Å². The van der Waals surface area contributed by atoms with E-state index in [1.165, 1.54) is 0 Å². The van der Waals surface area contributed by atoms with Crippen molar-refractivity contribution < 1.29 is 14.6 Å². The molecule has 0 saturated heterocycles. The molecule has 2 aromatic rings. The highest BCUT2D eigenvalue weighted by Crippen LogP contribution is 2.17. The van der Waals surface area contributed by atoms with E-state index >= 15 is 0 Å². The number of carboxylic acid groups (broad SMARTS) is 1. The first-order chi connectivity index (χ1) is 10.2. The van der Waals surface area contributed by atoms with Gasteiger partial charge in [-0.15, -0.1) is 0 Å². The van der Waals surface area contributed by atoms with Gasteiger partial charge >= 0.3 is 5.97 Å². The van der Waals surface area contributed by atoms with Crippen LogP contribution in [0.25, 0.3) is 0 Å². The lowest BCUT2D eigenvalue weighted by atomic mass is 10.1. The molecule has 0 atom stereocenters. The first-order valence-corrected chi connectivity index (χ1v) is 6.79. The zero-order valence-electron chi connectivity index (χ0n) is 12.0. The second-order valence-corrected chi connectivity index (χ2v) is 4.83. The van der Waals surface area contributed by atoms with E-state index in [0.717, 1.165) is 22.4 Å². The van der Waals surface area contributed by atoms with Crippen molar-refractivity contribution in [2.75, 3.05) is 12.4 Å². The fourth-order valence-corrected chi connectivity index (χ4v) is 2.12. The van der Waals surface area contributed by atoms with Crippen LogP contribution in [0, 0.1) is 0 Å². The minimum atomic E-state index is -0.811. The summed E-state index contributed by atoms with van der Waals surface area (Å²) in [7, 11) is 1.68. The lowest BCUT2D eigenvalue weighted by Crippen LogP contribution is -2.04. The number of hydrogen-bond acceptors (Lipinski definition) is 3. The third-order valence-electron chi connectivity index (χ3n) is 3.18. The Bertz CT molecular complexity index is 593. The Labute approximate surface area is 124 Å². The topological polar surface area (TPSA) is 58.6 Å². The predicted molar refractivity (Wildman–Crippen MR) is 82.3 cm³/mol. The molecule has 0 radical (unpaired) electrons. The maximum absolute atomic E-state index is 10.6. The SMILES string of the molecule is COCc1ccccc1NCc1ccc(CC(=O)O)cc1. The number of benzene rings is 2. The Morgan fingerprint density at radius 2 is 1.76 bits per heavy atom. The summed E-state index contributed by atoms with van der Waals surface area (Å²) in [6, 6.07) is 15.6. The van der Waals surface area contributed by atoms with E-state index in [9.17, 15) is 4.79 Å². The second kappa shape index (κ2) is 7.45. The number of carboxylic acids is 1. The molecular formula is C17H19NO3. The molecule has 21 heavy (non-hydrogen) atoms. The van der Waals surface area contributed by atoms with Crippen molar-refractivity contribution in [3.8, 4) is 0 Å². The number of anilines is 1. The van der Waals surface area contributed by atoms with Crippen molar-refractivity contribution in [1.29, 1.82) is 0 Å². The van der Waals surface area contributed by atoms with Crippen molar-refractivity contribution in [1.82, 2.24) is 0 Å². The molecule has 110 valence electrons. The average Bonchev–Trinajstić information content (AvgIpc) is 2.48. The van der Waals surface area contributed by atoms with Gasteiger partial charge in [0.2, 0.25) is 0 Å². The molecule has 0 saturated carbocycles. The van der Waals surface area contributed by atoms with Crippen molar-refractivity contribution in [2.45, 2.75) is 19.6 Å². The average molecular weight is 285 g/mol. The molecule has 0 aliphatic carbocycles. The van der Waals surface area contributed by atoms with Crippen molar-refractivity contribution >= 4 is 11.7 Å². The molecule has 2 aromatic carbocycles. The quantitative estimate of drug-likeness (QED) is 0.821. The molecule has 0 aliphatic heterocycles. The summed E-state index contributed by atoms with van der Waals surface area (Å²) in [5.41, 5.74) is 4.08. The van der Waals surface area contributed by atoms with Crippen LogP contribution in [-0.4, -0.2) is 18.2 Å². The summed E-state index contributed by atoms with van der Waals surface area (Å²) in [5, 5.41) is 12.1.